The van der Waals surface area contributed by atoms with Gasteiger partial charge in [-0.1, -0.05) is 6.58 Å². The largest absolute Gasteiger partial charge is 0.333 e. The highest BCUT2D eigenvalue weighted by atomic mass is 79.9. The molecule has 1 N–H and O–H groups in total. The van der Waals surface area contributed by atoms with Crippen molar-refractivity contribution < 1.29 is 4.79 Å². The van der Waals surface area contributed by atoms with Crippen molar-refractivity contribution in [3.05, 3.63) is 28.5 Å². The monoisotopic (exact) mass is 257 g/mol. The SMILES string of the molecule is C=CC(=O)NCn1nc(C)c(Br)c1C. The van der Waals surface area contributed by atoms with Crippen LogP contribution in [0.3, 0.4) is 0 Å². The number of hydrogen-bond donors (Lipinski definition) is 1. The Morgan fingerprint density at radius 2 is 2.36 bits per heavy atom. The van der Waals surface area contributed by atoms with Gasteiger partial charge in [-0.25, -0.2) is 4.68 Å². The Bertz CT molecular complexity index is 370. The van der Waals surface area contributed by atoms with Crippen LogP contribution in [0.15, 0.2) is 17.1 Å². The number of carbonyl (C=O) groups is 1. The first-order valence-electron chi connectivity index (χ1n) is 4.16. The van der Waals surface area contributed by atoms with Crippen molar-refractivity contribution in [1.29, 1.82) is 0 Å². The molecule has 1 aromatic rings. The molecule has 1 rings (SSSR count). The average Bonchev–Trinajstić information content (AvgIpc) is 2.42. The number of aryl methyl sites for hydroxylation is 1. The number of aromatic nitrogens is 2. The molecule has 0 atom stereocenters. The molecule has 76 valence electrons. The quantitative estimate of drug-likeness (QED) is 0.835. The van der Waals surface area contributed by atoms with Gasteiger partial charge < -0.3 is 5.32 Å². The molecule has 0 aliphatic carbocycles. The summed E-state index contributed by atoms with van der Waals surface area (Å²) < 4.78 is 2.70. The van der Waals surface area contributed by atoms with Crippen molar-refractivity contribution >= 4 is 21.8 Å². The van der Waals surface area contributed by atoms with Crippen LogP contribution in [0.25, 0.3) is 0 Å². The minimum Gasteiger partial charge on any atom is -0.333 e. The third kappa shape index (κ3) is 2.23. The van der Waals surface area contributed by atoms with Gasteiger partial charge in [0.15, 0.2) is 0 Å². The van der Waals surface area contributed by atoms with Crippen LogP contribution >= 0.6 is 15.9 Å². The van der Waals surface area contributed by atoms with E-state index in [4.69, 9.17) is 0 Å². The van der Waals surface area contributed by atoms with E-state index in [0.717, 1.165) is 15.9 Å². The Hall–Kier alpha value is -1.10. The number of nitrogens with zero attached hydrogens (tertiary/aromatic N) is 2. The smallest absolute Gasteiger partial charge is 0.244 e. The molecular formula is C9H12BrN3O. The third-order valence-corrected chi connectivity index (χ3v) is 3.03. The van der Waals surface area contributed by atoms with Gasteiger partial charge in [-0.15, -0.1) is 0 Å². The summed E-state index contributed by atoms with van der Waals surface area (Å²) in [6, 6.07) is 0. The van der Waals surface area contributed by atoms with Crippen molar-refractivity contribution in [3.63, 3.8) is 0 Å². The number of nitrogens with one attached hydrogen (secondary N) is 1. The van der Waals surface area contributed by atoms with Crippen LogP contribution in [0.5, 0.6) is 0 Å². The minimum atomic E-state index is -0.200. The van der Waals surface area contributed by atoms with Crippen LogP contribution < -0.4 is 5.32 Å². The van der Waals surface area contributed by atoms with E-state index in [1.54, 1.807) is 4.68 Å². The summed E-state index contributed by atoms with van der Waals surface area (Å²) in [6.07, 6.45) is 1.24. The molecule has 1 heterocycles. The second kappa shape index (κ2) is 4.41. The fraction of sp³-hybridized carbons (Fsp3) is 0.333. The maximum absolute atomic E-state index is 10.9. The Morgan fingerprint density at radius 3 is 2.79 bits per heavy atom. The van der Waals surface area contributed by atoms with E-state index in [1.165, 1.54) is 6.08 Å². The first-order valence-corrected chi connectivity index (χ1v) is 4.95. The molecule has 0 saturated carbocycles. The normalized spacial score (nSPS) is 9.93. The van der Waals surface area contributed by atoms with Gasteiger partial charge in [0, 0.05) is 0 Å². The molecule has 0 fully saturated rings. The Balaban J connectivity index is 2.72. The number of rotatable bonds is 3. The molecule has 5 heteroatoms. The van der Waals surface area contributed by atoms with E-state index in [-0.39, 0.29) is 5.91 Å². The first kappa shape index (κ1) is 11.0. The zero-order chi connectivity index (χ0) is 10.7. The predicted molar refractivity (Wildman–Crippen MR) is 57.7 cm³/mol. The van der Waals surface area contributed by atoms with Crippen LogP contribution in [0.1, 0.15) is 11.4 Å². The van der Waals surface area contributed by atoms with E-state index >= 15 is 0 Å². The Labute approximate surface area is 91.1 Å². The van der Waals surface area contributed by atoms with Crippen molar-refractivity contribution in [3.8, 4) is 0 Å². The molecule has 1 aromatic heterocycles. The molecule has 0 unspecified atom stereocenters. The summed E-state index contributed by atoms with van der Waals surface area (Å²) in [6.45, 7) is 7.57. The van der Waals surface area contributed by atoms with E-state index in [2.05, 4.69) is 32.9 Å². The zero-order valence-electron chi connectivity index (χ0n) is 8.17. The van der Waals surface area contributed by atoms with E-state index in [0.29, 0.717) is 6.67 Å². The van der Waals surface area contributed by atoms with Crippen molar-refractivity contribution in [2.75, 3.05) is 0 Å². The van der Waals surface area contributed by atoms with Gasteiger partial charge in [-0.05, 0) is 35.9 Å². The van der Waals surface area contributed by atoms with Crippen LogP contribution in [0.4, 0.5) is 0 Å². The Kier molecular flexibility index (Phi) is 3.46. The van der Waals surface area contributed by atoms with Gasteiger partial charge >= 0.3 is 0 Å². The van der Waals surface area contributed by atoms with E-state index < -0.39 is 0 Å². The predicted octanol–water partition coefficient (Wildman–Crippen LogP) is 1.52. The van der Waals surface area contributed by atoms with Gasteiger partial charge in [-0.2, -0.15) is 5.10 Å². The van der Waals surface area contributed by atoms with Crippen molar-refractivity contribution in [2.45, 2.75) is 20.5 Å². The minimum absolute atomic E-state index is 0.200. The maximum atomic E-state index is 10.9. The van der Waals surface area contributed by atoms with Gasteiger partial charge in [-0.3, -0.25) is 4.79 Å². The second-order valence-corrected chi connectivity index (χ2v) is 3.68. The molecule has 0 aliphatic heterocycles. The number of carbonyl (C=O) groups excluding carboxylic acids is 1. The summed E-state index contributed by atoms with van der Waals surface area (Å²) in [7, 11) is 0. The number of halogens is 1. The van der Waals surface area contributed by atoms with Gasteiger partial charge in [0.05, 0.1) is 15.9 Å². The summed E-state index contributed by atoms with van der Waals surface area (Å²) in [5.41, 5.74) is 1.90. The lowest BCUT2D eigenvalue weighted by Crippen LogP contribution is -2.25. The zero-order valence-corrected chi connectivity index (χ0v) is 9.76. The van der Waals surface area contributed by atoms with Gasteiger partial charge in [0.1, 0.15) is 6.67 Å². The second-order valence-electron chi connectivity index (χ2n) is 2.89. The number of hydrogen-bond acceptors (Lipinski definition) is 2. The van der Waals surface area contributed by atoms with Crippen LogP contribution in [0, 0.1) is 13.8 Å². The van der Waals surface area contributed by atoms with Gasteiger partial charge in [0.2, 0.25) is 5.91 Å². The molecule has 0 radical (unpaired) electrons. The lowest BCUT2D eigenvalue weighted by Gasteiger charge is -2.04. The van der Waals surface area contributed by atoms with E-state index in [1.807, 2.05) is 13.8 Å². The average molecular weight is 258 g/mol. The molecule has 0 aromatic carbocycles. The van der Waals surface area contributed by atoms with Crippen molar-refractivity contribution in [1.82, 2.24) is 15.1 Å². The summed E-state index contributed by atoms with van der Waals surface area (Å²) in [4.78, 5) is 10.9. The summed E-state index contributed by atoms with van der Waals surface area (Å²) in [5.74, 6) is -0.200. The molecule has 0 saturated heterocycles. The van der Waals surface area contributed by atoms with E-state index in [9.17, 15) is 4.79 Å². The molecule has 4 nitrogen and oxygen atoms in total. The van der Waals surface area contributed by atoms with Crippen molar-refractivity contribution in [2.24, 2.45) is 0 Å². The molecule has 14 heavy (non-hydrogen) atoms. The standard InChI is InChI=1S/C9H12BrN3O/c1-4-8(14)11-5-13-7(3)9(10)6(2)12-13/h4H,1,5H2,2-3H3,(H,11,14). The highest BCUT2D eigenvalue weighted by Crippen LogP contribution is 2.18. The summed E-state index contributed by atoms with van der Waals surface area (Å²) in [5, 5.41) is 6.89. The molecule has 1 amide bonds. The molecule has 0 aliphatic rings. The lowest BCUT2D eigenvalue weighted by molar-refractivity contribution is -0.117. The number of amides is 1. The first-order chi connectivity index (χ1) is 6.56. The fourth-order valence-corrected chi connectivity index (χ4v) is 1.34. The lowest BCUT2D eigenvalue weighted by atomic mass is 10.4. The van der Waals surface area contributed by atoms with Crippen LogP contribution in [-0.2, 0) is 11.5 Å². The highest BCUT2D eigenvalue weighted by Gasteiger charge is 2.08. The summed E-state index contributed by atoms with van der Waals surface area (Å²) >= 11 is 3.41. The molecule has 0 spiro atoms. The van der Waals surface area contributed by atoms with Crippen LogP contribution in [0.2, 0.25) is 0 Å². The highest BCUT2D eigenvalue weighted by molar-refractivity contribution is 9.10. The Morgan fingerprint density at radius 1 is 1.71 bits per heavy atom. The fourth-order valence-electron chi connectivity index (χ4n) is 1.05. The molecule has 0 bridgehead atoms. The van der Waals surface area contributed by atoms with Crippen LogP contribution in [-0.4, -0.2) is 15.7 Å². The topological polar surface area (TPSA) is 46.9 Å². The molecular weight excluding hydrogens is 246 g/mol. The van der Waals surface area contributed by atoms with Gasteiger partial charge in [0.25, 0.3) is 0 Å². The maximum Gasteiger partial charge on any atom is 0.244 e. The third-order valence-electron chi connectivity index (χ3n) is 1.88.